The van der Waals surface area contributed by atoms with Crippen molar-refractivity contribution in [2.24, 2.45) is 0 Å². The molecular weight excluding hydrogens is 438 g/mol. The van der Waals surface area contributed by atoms with Crippen molar-refractivity contribution >= 4 is 38.7 Å². The number of nitrogens with zero attached hydrogens (tertiary/aromatic N) is 5. The van der Waals surface area contributed by atoms with E-state index in [2.05, 4.69) is 55.5 Å². The van der Waals surface area contributed by atoms with Gasteiger partial charge < -0.3 is 9.32 Å². The van der Waals surface area contributed by atoms with Crippen LogP contribution in [-0.2, 0) is 6.54 Å². The average Bonchev–Trinajstić information content (AvgIpc) is 3.60. The zero-order valence-corrected chi connectivity index (χ0v) is 19.0. The number of hydrogen-bond donors (Lipinski definition) is 0. The molecule has 1 aromatic carbocycles. The number of thiophene rings is 1. The summed E-state index contributed by atoms with van der Waals surface area (Å²) < 4.78 is 5.47. The van der Waals surface area contributed by atoms with E-state index in [1.807, 2.05) is 18.2 Å². The Morgan fingerprint density at radius 1 is 0.969 bits per heavy atom. The maximum absolute atomic E-state index is 5.47. The van der Waals surface area contributed by atoms with Crippen LogP contribution in [0.5, 0.6) is 0 Å². The average molecular weight is 460 g/mol. The Morgan fingerprint density at radius 2 is 1.84 bits per heavy atom. The predicted octanol–water partition coefficient (Wildman–Crippen LogP) is 5.40. The van der Waals surface area contributed by atoms with Crippen molar-refractivity contribution in [2.75, 3.05) is 31.1 Å². The van der Waals surface area contributed by atoms with E-state index < -0.39 is 0 Å². The van der Waals surface area contributed by atoms with Crippen LogP contribution < -0.4 is 4.90 Å². The third-order valence-corrected chi connectivity index (χ3v) is 7.71. The Labute approximate surface area is 193 Å². The molecule has 8 heteroatoms. The molecule has 6 nitrogen and oxygen atoms in total. The summed E-state index contributed by atoms with van der Waals surface area (Å²) in [5.74, 6) is 1.88. The van der Waals surface area contributed by atoms with Crippen LogP contribution in [0.3, 0.4) is 0 Å². The molecule has 160 valence electrons. The minimum absolute atomic E-state index is 0.837. The number of benzene rings is 1. The fourth-order valence-corrected chi connectivity index (χ4v) is 5.86. The molecule has 0 amide bonds. The fraction of sp³-hybridized carbons (Fsp3) is 0.208. The van der Waals surface area contributed by atoms with Gasteiger partial charge in [-0.1, -0.05) is 30.3 Å². The minimum Gasteiger partial charge on any atom is -0.462 e. The zero-order valence-electron chi connectivity index (χ0n) is 17.3. The zero-order chi connectivity index (χ0) is 21.3. The van der Waals surface area contributed by atoms with Crippen molar-refractivity contribution in [2.45, 2.75) is 6.54 Å². The highest BCUT2D eigenvalue weighted by molar-refractivity contribution is 7.21. The smallest absolute Gasteiger partial charge is 0.162 e. The van der Waals surface area contributed by atoms with Gasteiger partial charge in [-0.25, -0.2) is 15.0 Å². The molecule has 1 fully saturated rings. The van der Waals surface area contributed by atoms with Gasteiger partial charge in [-0.15, -0.1) is 22.7 Å². The number of aromatic nitrogens is 3. The predicted molar refractivity (Wildman–Crippen MR) is 130 cm³/mol. The second-order valence-corrected chi connectivity index (χ2v) is 9.67. The Hall–Kier alpha value is -3.07. The Bertz CT molecular complexity index is 1320. The summed E-state index contributed by atoms with van der Waals surface area (Å²) in [6, 6.07) is 16.6. The van der Waals surface area contributed by atoms with E-state index in [1.165, 1.54) is 10.4 Å². The number of fused-ring (bicyclic) bond motifs is 1. The first-order chi connectivity index (χ1) is 15.8. The van der Waals surface area contributed by atoms with Crippen molar-refractivity contribution in [3.05, 3.63) is 72.2 Å². The molecule has 0 aliphatic carbocycles. The third-order valence-electron chi connectivity index (χ3n) is 5.71. The second-order valence-electron chi connectivity index (χ2n) is 7.78. The fourth-order valence-electron chi connectivity index (χ4n) is 4.08. The summed E-state index contributed by atoms with van der Waals surface area (Å²) in [4.78, 5) is 21.1. The van der Waals surface area contributed by atoms with E-state index >= 15 is 0 Å². The van der Waals surface area contributed by atoms with E-state index in [4.69, 9.17) is 9.40 Å². The summed E-state index contributed by atoms with van der Waals surface area (Å²) in [6.45, 7) is 4.71. The molecular formula is C24H21N5OS2. The molecule has 0 spiro atoms. The van der Waals surface area contributed by atoms with E-state index in [-0.39, 0.29) is 0 Å². The highest BCUT2D eigenvalue weighted by atomic mass is 32.1. The monoisotopic (exact) mass is 459 g/mol. The molecule has 0 N–H and O–H groups in total. The van der Waals surface area contributed by atoms with Crippen LogP contribution >= 0.6 is 22.7 Å². The van der Waals surface area contributed by atoms with Crippen molar-refractivity contribution in [1.29, 1.82) is 0 Å². The molecule has 0 radical (unpaired) electrons. The van der Waals surface area contributed by atoms with E-state index in [9.17, 15) is 0 Å². The van der Waals surface area contributed by atoms with Crippen molar-refractivity contribution in [3.8, 4) is 21.2 Å². The maximum atomic E-state index is 5.47. The van der Waals surface area contributed by atoms with Gasteiger partial charge in [0.05, 0.1) is 17.3 Å². The summed E-state index contributed by atoms with van der Waals surface area (Å²) in [5.41, 5.74) is 2.33. The first-order valence-corrected chi connectivity index (χ1v) is 12.3. The van der Waals surface area contributed by atoms with Gasteiger partial charge in [0.15, 0.2) is 10.8 Å². The summed E-state index contributed by atoms with van der Waals surface area (Å²) >= 11 is 3.37. The number of rotatable bonds is 5. The molecule has 32 heavy (non-hydrogen) atoms. The largest absolute Gasteiger partial charge is 0.462 e. The second kappa shape index (κ2) is 8.46. The highest BCUT2D eigenvalue weighted by Crippen LogP contribution is 2.36. The summed E-state index contributed by atoms with van der Waals surface area (Å²) in [7, 11) is 0. The topological polar surface area (TPSA) is 58.3 Å². The number of anilines is 1. The van der Waals surface area contributed by atoms with E-state index in [0.717, 1.165) is 65.2 Å². The molecule has 0 bridgehead atoms. The van der Waals surface area contributed by atoms with Gasteiger partial charge >= 0.3 is 0 Å². The first kappa shape index (κ1) is 19.6. The number of thiazole rings is 1. The van der Waals surface area contributed by atoms with Gasteiger partial charge in [0.1, 0.15) is 17.0 Å². The van der Waals surface area contributed by atoms with Gasteiger partial charge in [0.25, 0.3) is 0 Å². The van der Waals surface area contributed by atoms with Gasteiger partial charge in [-0.05, 0) is 23.8 Å². The number of furan rings is 1. The lowest BCUT2D eigenvalue weighted by Gasteiger charge is -2.35. The van der Waals surface area contributed by atoms with Crippen LogP contribution in [0, 0.1) is 0 Å². The van der Waals surface area contributed by atoms with Crippen molar-refractivity contribution in [1.82, 2.24) is 19.9 Å². The highest BCUT2D eigenvalue weighted by Gasteiger charge is 2.22. The molecule has 0 saturated carbocycles. The van der Waals surface area contributed by atoms with E-state index in [0.29, 0.717) is 0 Å². The van der Waals surface area contributed by atoms with Crippen LogP contribution in [0.15, 0.2) is 70.9 Å². The van der Waals surface area contributed by atoms with Crippen LogP contribution in [0.25, 0.3) is 31.4 Å². The Morgan fingerprint density at radius 3 is 2.66 bits per heavy atom. The van der Waals surface area contributed by atoms with Gasteiger partial charge in [-0.2, -0.15) is 0 Å². The molecule has 5 heterocycles. The van der Waals surface area contributed by atoms with Crippen molar-refractivity contribution in [3.63, 3.8) is 0 Å². The normalized spacial score (nSPS) is 14.9. The molecule has 0 unspecified atom stereocenters. The van der Waals surface area contributed by atoms with Crippen molar-refractivity contribution < 1.29 is 4.42 Å². The Kier molecular flexibility index (Phi) is 5.18. The van der Waals surface area contributed by atoms with Crippen LogP contribution in [0.2, 0.25) is 0 Å². The van der Waals surface area contributed by atoms with Gasteiger partial charge in [-0.3, -0.25) is 4.90 Å². The SMILES string of the molecule is c1ccc(-c2cc3c(N4CCN(Cc5csc(-c6ccco6)n5)CC4)ncnc3s2)cc1. The molecule has 0 atom stereocenters. The molecule has 1 aliphatic rings. The van der Waals surface area contributed by atoms with Gasteiger partial charge in [0, 0.05) is 43.0 Å². The Balaban J connectivity index is 1.16. The minimum atomic E-state index is 0.837. The number of piperazine rings is 1. The van der Waals surface area contributed by atoms with Crippen LogP contribution in [0.1, 0.15) is 5.69 Å². The first-order valence-electron chi connectivity index (χ1n) is 10.6. The summed E-state index contributed by atoms with van der Waals surface area (Å²) in [5, 5.41) is 4.22. The molecule has 6 rings (SSSR count). The number of hydrogen-bond acceptors (Lipinski definition) is 8. The van der Waals surface area contributed by atoms with Crippen LogP contribution in [0.4, 0.5) is 5.82 Å². The van der Waals surface area contributed by atoms with Gasteiger partial charge in [0.2, 0.25) is 0 Å². The molecule has 1 aliphatic heterocycles. The molecule has 1 saturated heterocycles. The lowest BCUT2D eigenvalue weighted by Crippen LogP contribution is -2.46. The summed E-state index contributed by atoms with van der Waals surface area (Å²) in [6.07, 6.45) is 3.39. The van der Waals surface area contributed by atoms with E-state index in [1.54, 1.807) is 35.3 Å². The van der Waals surface area contributed by atoms with Crippen LogP contribution in [-0.4, -0.2) is 46.0 Å². The lowest BCUT2D eigenvalue weighted by atomic mass is 10.2. The molecule has 5 aromatic rings. The maximum Gasteiger partial charge on any atom is 0.162 e. The molecule has 4 aromatic heterocycles. The standard InChI is InChI=1S/C24H21N5OS2/c1-2-5-17(6-3-1)21-13-19-22(25-16-26-23(19)32-21)29-10-8-28(9-11-29)14-18-15-31-24(27-18)20-7-4-12-30-20/h1-7,12-13,15-16H,8-11,14H2. The quantitative estimate of drug-likeness (QED) is 0.351. The third kappa shape index (κ3) is 3.81. The lowest BCUT2D eigenvalue weighted by molar-refractivity contribution is 0.247.